The van der Waals surface area contributed by atoms with Crippen molar-refractivity contribution in [1.82, 2.24) is 15.8 Å². The van der Waals surface area contributed by atoms with Gasteiger partial charge in [0, 0.05) is 17.7 Å². The zero-order valence-electron chi connectivity index (χ0n) is 12.3. The molecule has 1 aromatic carbocycles. The molecule has 0 spiro atoms. The van der Waals surface area contributed by atoms with E-state index in [2.05, 4.69) is 15.8 Å². The molecule has 118 valence electrons. The summed E-state index contributed by atoms with van der Waals surface area (Å²) in [5.41, 5.74) is 0.964. The summed E-state index contributed by atoms with van der Waals surface area (Å²) in [6.45, 7) is 3.75. The molecule has 0 bridgehead atoms. The first-order valence-corrected chi connectivity index (χ1v) is 6.91. The molecule has 0 unspecified atom stereocenters. The number of nitrogens with one attached hydrogen (secondary N) is 2. The average molecular weight is 309 g/mol. The lowest BCUT2D eigenvalue weighted by Crippen LogP contribution is -2.37. The summed E-state index contributed by atoms with van der Waals surface area (Å²) < 4.78 is 31.7. The molecule has 1 atom stereocenters. The van der Waals surface area contributed by atoms with Crippen LogP contribution in [0.2, 0.25) is 0 Å². The molecule has 7 heteroatoms. The lowest BCUT2D eigenvalue weighted by molar-refractivity contribution is 0.234. The largest absolute Gasteiger partial charge is 0.359 e. The van der Waals surface area contributed by atoms with Crippen LogP contribution in [-0.2, 0) is 6.54 Å². The van der Waals surface area contributed by atoms with Crippen LogP contribution in [0.3, 0.4) is 0 Å². The van der Waals surface area contributed by atoms with E-state index in [9.17, 15) is 13.6 Å². The zero-order valence-corrected chi connectivity index (χ0v) is 12.3. The van der Waals surface area contributed by atoms with Gasteiger partial charge in [-0.1, -0.05) is 18.1 Å². The van der Waals surface area contributed by atoms with E-state index < -0.39 is 23.7 Å². The van der Waals surface area contributed by atoms with E-state index in [0.717, 1.165) is 17.8 Å². The van der Waals surface area contributed by atoms with E-state index >= 15 is 0 Å². The number of amides is 2. The molecule has 2 N–H and O–H groups in total. The molecule has 1 heterocycles. The number of halogens is 2. The molecule has 0 saturated carbocycles. The van der Waals surface area contributed by atoms with Crippen molar-refractivity contribution in [2.24, 2.45) is 0 Å². The van der Waals surface area contributed by atoms with Crippen LogP contribution >= 0.6 is 0 Å². The molecule has 0 aliphatic heterocycles. The van der Waals surface area contributed by atoms with Crippen molar-refractivity contribution >= 4 is 6.03 Å². The average Bonchev–Trinajstić information content (AvgIpc) is 2.89. The molecule has 1 aromatic heterocycles. The first-order chi connectivity index (χ1) is 10.5. The van der Waals surface area contributed by atoms with E-state index in [4.69, 9.17) is 4.52 Å². The first-order valence-electron chi connectivity index (χ1n) is 6.91. The third-order valence-corrected chi connectivity index (χ3v) is 3.15. The minimum absolute atomic E-state index is 0.176. The monoisotopic (exact) mass is 309 g/mol. The van der Waals surface area contributed by atoms with Gasteiger partial charge in [-0.05, 0) is 19.4 Å². The summed E-state index contributed by atoms with van der Waals surface area (Å²) in [7, 11) is 0. The minimum Gasteiger partial charge on any atom is -0.359 e. The van der Waals surface area contributed by atoms with Gasteiger partial charge in [0.15, 0.2) is 5.76 Å². The Bertz CT molecular complexity index is 658. The van der Waals surface area contributed by atoms with Gasteiger partial charge in [0.25, 0.3) is 0 Å². The molecular formula is C15H17F2N3O2. The lowest BCUT2D eigenvalue weighted by atomic mass is 10.0. The van der Waals surface area contributed by atoms with Gasteiger partial charge < -0.3 is 15.2 Å². The van der Waals surface area contributed by atoms with E-state index in [1.165, 1.54) is 6.07 Å². The van der Waals surface area contributed by atoms with Gasteiger partial charge in [-0.3, -0.25) is 0 Å². The Morgan fingerprint density at radius 2 is 2.14 bits per heavy atom. The molecule has 0 radical (unpaired) electrons. The summed E-state index contributed by atoms with van der Waals surface area (Å²) in [5.74, 6) is -0.812. The highest BCUT2D eigenvalue weighted by atomic mass is 19.1. The normalized spacial score (nSPS) is 12.0. The van der Waals surface area contributed by atoms with Crippen LogP contribution in [0.25, 0.3) is 0 Å². The fourth-order valence-corrected chi connectivity index (χ4v) is 2.06. The molecule has 2 rings (SSSR count). The number of rotatable bonds is 5. The fourth-order valence-electron chi connectivity index (χ4n) is 2.06. The molecule has 0 fully saturated rings. The maximum Gasteiger partial charge on any atom is 0.315 e. The highest BCUT2D eigenvalue weighted by Gasteiger charge is 2.17. The Labute approximate surface area is 126 Å². The molecule has 0 aliphatic rings. The molecule has 2 amide bonds. The van der Waals surface area contributed by atoms with E-state index in [-0.39, 0.29) is 12.1 Å². The van der Waals surface area contributed by atoms with Crippen molar-refractivity contribution in [1.29, 1.82) is 0 Å². The Morgan fingerprint density at radius 1 is 1.36 bits per heavy atom. The van der Waals surface area contributed by atoms with Crippen LogP contribution in [0.1, 0.15) is 36.4 Å². The Morgan fingerprint density at radius 3 is 2.73 bits per heavy atom. The number of nitrogens with zero attached hydrogens (tertiary/aromatic N) is 1. The predicted octanol–water partition coefficient (Wildman–Crippen LogP) is 3.21. The van der Waals surface area contributed by atoms with Crippen LogP contribution in [0.15, 0.2) is 28.8 Å². The van der Waals surface area contributed by atoms with Gasteiger partial charge in [-0.25, -0.2) is 13.6 Å². The number of carbonyl (C=O) groups is 1. The second-order valence-electron chi connectivity index (χ2n) is 4.89. The summed E-state index contributed by atoms with van der Waals surface area (Å²) >= 11 is 0. The molecule has 0 saturated heterocycles. The van der Waals surface area contributed by atoms with E-state index in [1.807, 2.05) is 0 Å². The molecule has 5 nitrogen and oxygen atoms in total. The van der Waals surface area contributed by atoms with Crippen molar-refractivity contribution in [3.05, 3.63) is 52.9 Å². The topological polar surface area (TPSA) is 67.2 Å². The lowest BCUT2D eigenvalue weighted by Gasteiger charge is -2.18. The van der Waals surface area contributed by atoms with Crippen LogP contribution < -0.4 is 10.6 Å². The molecule has 0 aliphatic carbocycles. The number of carbonyl (C=O) groups excluding carboxylic acids is 1. The van der Waals surface area contributed by atoms with E-state index in [0.29, 0.717) is 12.2 Å². The second-order valence-corrected chi connectivity index (χ2v) is 4.89. The predicted molar refractivity (Wildman–Crippen MR) is 76.0 cm³/mol. The summed E-state index contributed by atoms with van der Waals surface area (Å²) in [5, 5.41) is 8.95. The standard InChI is InChI=1S/C15H17F2N3O2/c1-3-14(12-5-4-10(16)7-13(12)17)19-15(21)18-8-11-6-9(2)20-22-11/h4-7,14H,3,8H2,1-2H3,(H2,18,19,21)/t14-/m0/s1. The SMILES string of the molecule is CC[C@H](NC(=O)NCc1cc(C)no1)c1ccc(F)cc1F. The Balaban J connectivity index is 1.95. The summed E-state index contributed by atoms with van der Waals surface area (Å²) in [4.78, 5) is 11.9. The highest BCUT2D eigenvalue weighted by Crippen LogP contribution is 2.20. The first kappa shape index (κ1) is 15.9. The van der Waals surface area contributed by atoms with Crippen LogP contribution in [0, 0.1) is 18.6 Å². The van der Waals surface area contributed by atoms with Gasteiger partial charge in [0.05, 0.1) is 18.3 Å². The van der Waals surface area contributed by atoms with Gasteiger partial charge in [0.2, 0.25) is 0 Å². The van der Waals surface area contributed by atoms with Gasteiger partial charge in [-0.2, -0.15) is 0 Å². The fraction of sp³-hybridized carbons (Fsp3) is 0.333. The van der Waals surface area contributed by atoms with Crippen LogP contribution in [-0.4, -0.2) is 11.2 Å². The van der Waals surface area contributed by atoms with Gasteiger partial charge >= 0.3 is 6.03 Å². The summed E-state index contributed by atoms with van der Waals surface area (Å²) in [6, 6.07) is 3.99. The third kappa shape index (κ3) is 4.03. The van der Waals surface area contributed by atoms with Crippen LogP contribution in [0.5, 0.6) is 0 Å². The van der Waals surface area contributed by atoms with Crippen LogP contribution in [0.4, 0.5) is 13.6 Å². The minimum atomic E-state index is -0.682. The number of hydrogen-bond acceptors (Lipinski definition) is 3. The Hall–Kier alpha value is -2.44. The maximum absolute atomic E-state index is 13.8. The van der Waals surface area contributed by atoms with Crippen molar-refractivity contribution in [3.63, 3.8) is 0 Å². The number of hydrogen-bond donors (Lipinski definition) is 2. The maximum atomic E-state index is 13.8. The number of benzene rings is 1. The van der Waals surface area contributed by atoms with Crippen molar-refractivity contribution in [2.75, 3.05) is 0 Å². The van der Waals surface area contributed by atoms with Gasteiger partial charge in [0.1, 0.15) is 11.6 Å². The van der Waals surface area contributed by atoms with Crippen molar-refractivity contribution in [3.8, 4) is 0 Å². The molecule has 2 aromatic rings. The second kappa shape index (κ2) is 7.02. The quantitative estimate of drug-likeness (QED) is 0.891. The smallest absolute Gasteiger partial charge is 0.315 e. The van der Waals surface area contributed by atoms with E-state index in [1.54, 1.807) is 19.9 Å². The molecule has 22 heavy (non-hydrogen) atoms. The van der Waals surface area contributed by atoms with Gasteiger partial charge in [-0.15, -0.1) is 0 Å². The van der Waals surface area contributed by atoms with Crippen molar-refractivity contribution < 1.29 is 18.1 Å². The Kier molecular flexibility index (Phi) is 5.08. The third-order valence-electron chi connectivity index (χ3n) is 3.15. The zero-order chi connectivity index (χ0) is 16.1. The highest BCUT2D eigenvalue weighted by molar-refractivity contribution is 5.74. The molecular weight excluding hydrogens is 292 g/mol. The van der Waals surface area contributed by atoms with Crippen molar-refractivity contribution in [2.45, 2.75) is 32.9 Å². The number of urea groups is 1. The number of aromatic nitrogens is 1. The summed E-state index contributed by atoms with van der Waals surface area (Å²) in [6.07, 6.45) is 0.470. The number of aryl methyl sites for hydroxylation is 1.